The number of hydrogen-bond donors (Lipinski definition) is 0. The third-order valence-electron chi connectivity index (χ3n) is 4.48. The van der Waals surface area contributed by atoms with Gasteiger partial charge in [-0.25, -0.2) is 4.98 Å². The maximum absolute atomic E-state index is 12.9. The Kier molecular flexibility index (Phi) is 8.91. The first-order valence-electron chi connectivity index (χ1n) is 10.2. The molecule has 0 aliphatic heterocycles. The average molecular weight is 539 g/mol. The van der Waals surface area contributed by atoms with Crippen molar-refractivity contribution in [2.24, 2.45) is 5.41 Å². The number of hydrogen-bond acceptors (Lipinski definition) is 8. The number of nitrogens with zero attached hydrogens (tertiary/aromatic N) is 2. The quantitative estimate of drug-likeness (QED) is 0.131. The molecule has 0 aliphatic rings. The fourth-order valence-electron chi connectivity index (χ4n) is 2.62. The first kappa shape index (κ1) is 28.5. The van der Waals surface area contributed by atoms with Crippen molar-refractivity contribution in [1.29, 1.82) is 0 Å². The summed E-state index contributed by atoms with van der Waals surface area (Å²) in [6.45, 7) is 7.76. The summed E-state index contributed by atoms with van der Waals surface area (Å²) >= 11 is 5.89. The lowest BCUT2D eigenvalue weighted by atomic mass is 9.97. The third-order valence-corrected chi connectivity index (χ3v) is 6.13. The zero-order valence-electron chi connectivity index (χ0n) is 19.4. The number of carbonyl (C=O) groups excluding carboxylic acids is 1. The monoisotopic (exact) mass is 538 g/mol. The van der Waals surface area contributed by atoms with E-state index in [0.717, 1.165) is 12.1 Å². The third kappa shape index (κ3) is 7.39. The van der Waals surface area contributed by atoms with Gasteiger partial charge in [-0.2, -0.15) is 13.2 Å². The molecule has 0 saturated carbocycles. The molecule has 9 nitrogen and oxygen atoms in total. The van der Waals surface area contributed by atoms with E-state index in [4.69, 9.17) is 25.6 Å². The summed E-state index contributed by atoms with van der Waals surface area (Å²) in [7, 11) is -3.36. The number of benzene rings is 1. The number of carbonyl (C=O) groups is 1. The molecule has 0 bridgehead atoms. The van der Waals surface area contributed by atoms with Crippen LogP contribution in [0.4, 0.5) is 18.9 Å². The van der Waals surface area contributed by atoms with Crippen LogP contribution in [0, 0.1) is 15.5 Å². The number of aromatic nitrogens is 1. The molecule has 192 valence electrons. The Balaban J connectivity index is 2.42. The van der Waals surface area contributed by atoms with E-state index in [9.17, 15) is 32.6 Å². The first-order valence-corrected chi connectivity index (χ1v) is 11.9. The van der Waals surface area contributed by atoms with Gasteiger partial charge in [-0.05, 0) is 40.2 Å². The number of nitro groups is 1. The number of halogens is 4. The topological polar surface area (TPSA) is 118 Å². The highest BCUT2D eigenvalue weighted by Gasteiger charge is 2.32. The van der Waals surface area contributed by atoms with Crippen LogP contribution in [-0.2, 0) is 31.2 Å². The van der Waals surface area contributed by atoms with Crippen LogP contribution in [0.25, 0.3) is 0 Å². The van der Waals surface area contributed by atoms with E-state index < -0.39 is 53.1 Å². The van der Waals surface area contributed by atoms with Crippen molar-refractivity contribution in [3.63, 3.8) is 0 Å². The van der Waals surface area contributed by atoms with Crippen LogP contribution in [0.2, 0.25) is 5.02 Å². The summed E-state index contributed by atoms with van der Waals surface area (Å²) in [4.78, 5) is 26.4. The van der Waals surface area contributed by atoms with Crippen molar-refractivity contribution < 1.29 is 41.5 Å². The van der Waals surface area contributed by atoms with Crippen LogP contribution < -0.4 is 10.0 Å². The zero-order chi connectivity index (χ0) is 26.7. The minimum Gasteiger partial charge on any atom is -0.437 e. The van der Waals surface area contributed by atoms with E-state index in [1.165, 1.54) is 6.92 Å². The minimum atomic E-state index is -4.67. The van der Waals surface area contributed by atoms with Gasteiger partial charge in [0.15, 0.2) is 0 Å². The van der Waals surface area contributed by atoms with Gasteiger partial charge in [0.1, 0.15) is 16.1 Å². The molecule has 0 spiro atoms. The van der Waals surface area contributed by atoms with Gasteiger partial charge in [0.2, 0.25) is 20.2 Å². The van der Waals surface area contributed by atoms with Crippen LogP contribution in [0.5, 0.6) is 11.6 Å². The van der Waals surface area contributed by atoms with Crippen molar-refractivity contribution in [3.05, 3.63) is 50.7 Å². The highest BCUT2D eigenvalue weighted by Crippen LogP contribution is 2.38. The Morgan fingerprint density at radius 2 is 1.89 bits per heavy atom. The molecule has 1 heterocycles. The molecule has 2 rings (SSSR count). The summed E-state index contributed by atoms with van der Waals surface area (Å²) in [5, 5.41) is 10.8. The van der Waals surface area contributed by atoms with Gasteiger partial charge in [0.05, 0.1) is 15.9 Å². The predicted molar refractivity (Wildman–Crippen MR) is 122 cm³/mol. The van der Waals surface area contributed by atoms with Crippen LogP contribution in [-0.4, -0.2) is 22.2 Å². The number of ether oxygens (including phenoxy) is 2. The predicted octanol–water partition coefficient (Wildman–Crippen LogP) is 6.07. The lowest BCUT2D eigenvalue weighted by Crippen LogP contribution is -2.27. The summed E-state index contributed by atoms with van der Waals surface area (Å²) < 4.78 is 67.4. The number of nitro benzene ring substituents is 1. The second kappa shape index (κ2) is 10.9. The van der Waals surface area contributed by atoms with Gasteiger partial charge < -0.3 is 9.47 Å². The SMILES string of the molecule is CCc1cc([N+](=O)[O-])c([PH](=O)OC(C)OC(=O)C(C)(C)C)cc1Oc1ncc(C(F)(F)F)cc1Cl. The van der Waals surface area contributed by atoms with E-state index in [2.05, 4.69) is 4.98 Å². The van der Waals surface area contributed by atoms with Crippen molar-refractivity contribution in [2.75, 3.05) is 0 Å². The smallest absolute Gasteiger partial charge is 0.417 e. The highest BCUT2D eigenvalue weighted by molar-refractivity contribution is 7.48. The van der Waals surface area contributed by atoms with Crippen molar-refractivity contribution >= 4 is 36.6 Å². The average Bonchev–Trinajstić information content (AvgIpc) is 2.72. The number of rotatable bonds is 8. The number of aryl methyl sites for hydroxylation is 1. The number of pyridine rings is 1. The summed E-state index contributed by atoms with van der Waals surface area (Å²) in [5.74, 6) is -1.09. The Hall–Kier alpha value is -2.69. The van der Waals surface area contributed by atoms with Crippen molar-refractivity contribution in [3.8, 4) is 11.6 Å². The molecule has 35 heavy (non-hydrogen) atoms. The van der Waals surface area contributed by atoms with Gasteiger partial charge in [-0.3, -0.25) is 24.0 Å². The van der Waals surface area contributed by atoms with Crippen LogP contribution in [0.1, 0.15) is 45.7 Å². The molecule has 0 fully saturated rings. The minimum absolute atomic E-state index is 0.0662. The molecule has 1 aromatic heterocycles. The van der Waals surface area contributed by atoms with Gasteiger partial charge in [-0.1, -0.05) is 18.5 Å². The Morgan fingerprint density at radius 1 is 1.26 bits per heavy atom. The second-order valence-corrected chi connectivity index (χ2v) is 10.1. The van der Waals surface area contributed by atoms with Crippen molar-refractivity contribution in [1.82, 2.24) is 4.98 Å². The Morgan fingerprint density at radius 3 is 2.37 bits per heavy atom. The Labute approximate surface area is 204 Å². The Bertz CT molecular complexity index is 1150. The highest BCUT2D eigenvalue weighted by atomic mass is 35.5. The number of alkyl halides is 3. The molecule has 1 aromatic carbocycles. The number of esters is 1. The molecule has 0 amide bonds. The molecule has 0 saturated heterocycles. The standard InChI is InChI=1S/C21H23ClF3N2O7P/c1-6-12-7-15(27(29)30)17(35(31)34-11(2)32-19(28)20(3,4)5)9-16(12)33-18-14(22)8-13(10-26-18)21(23,24)25/h7-11,35H,6H2,1-5H3. The molecular formula is C21H23ClF3N2O7P. The van der Waals surface area contributed by atoms with Gasteiger partial charge in [-0.15, -0.1) is 0 Å². The van der Waals surface area contributed by atoms with Crippen LogP contribution in [0.15, 0.2) is 24.4 Å². The zero-order valence-corrected chi connectivity index (χ0v) is 21.1. The van der Waals surface area contributed by atoms with E-state index >= 15 is 0 Å². The fraction of sp³-hybridized carbons (Fsp3) is 0.429. The van der Waals surface area contributed by atoms with Crippen LogP contribution in [0.3, 0.4) is 0 Å². The summed E-state index contributed by atoms with van der Waals surface area (Å²) in [6, 6.07) is 2.81. The van der Waals surface area contributed by atoms with E-state index in [-0.39, 0.29) is 28.9 Å². The lowest BCUT2D eigenvalue weighted by molar-refractivity contribution is -0.383. The molecular weight excluding hydrogens is 516 g/mol. The summed E-state index contributed by atoms with van der Waals surface area (Å²) in [6.07, 6.45) is -5.21. The fourth-order valence-corrected chi connectivity index (χ4v) is 3.93. The normalized spacial score (nSPS) is 13.7. The molecule has 0 aliphatic carbocycles. The molecule has 2 atom stereocenters. The largest absolute Gasteiger partial charge is 0.437 e. The summed E-state index contributed by atoms with van der Waals surface area (Å²) in [5.41, 5.74) is -2.21. The molecule has 2 unspecified atom stereocenters. The van der Waals surface area contributed by atoms with Crippen LogP contribution >= 0.6 is 19.6 Å². The molecule has 0 radical (unpaired) electrons. The maximum atomic E-state index is 12.9. The van der Waals surface area contributed by atoms with Gasteiger partial charge >= 0.3 is 12.1 Å². The second-order valence-electron chi connectivity index (χ2n) is 8.33. The lowest BCUT2D eigenvalue weighted by Gasteiger charge is -2.21. The molecule has 0 N–H and O–H groups in total. The van der Waals surface area contributed by atoms with Gasteiger partial charge in [0, 0.05) is 23.9 Å². The first-order chi connectivity index (χ1) is 16.0. The van der Waals surface area contributed by atoms with Gasteiger partial charge in [0.25, 0.3) is 5.69 Å². The molecule has 14 heteroatoms. The van der Waals surface area contributed by atoms with E-state index in [1.807, 2.05) is 0 Å². The maximum Gasteiger partial charge on any atom is 0.417 e. The van der Waals surface area contributed by atoms with E-state index in [0.29, 0.717) is 12.3 Å². The van der Waals surface area contributed by atoms with Crippen molar-refractivity contribution in [2.45, 2.75) is 53.5 Å². The molecule has 2 aromatic rings. The van der Waals surface area contributed by atoms with E-state index in [1.54, 1.807) is 27.7 Å².